The standard InChI is InChI=1S/C24H31N5O3S/c1-18-7-8-19(16-23(18)30)9-12-26-24-27-13-10-22(28-24)21-6-3-5-20(15-21)17-29(14-4-11-25)33(2,31)32/h3,5-8,10,13,15-16,30H,4,9,11-12,14,17,25H2,1-2H3,(H,26,27,28). The molecule has 0 amide bonds. The summed E-state index contributed by atoms with van der Waals surface area (Å²) in [6, 6.07) is 15.2. The molecule has 0 saturated heterocycles. The Balaban J connectivity index is 1.68. The van der Waals surface area contributed by atoms with Gasteiger partial charge in [-0.1, -0.05) is 30.3 Å². The highest BCUT2D eigenvalue weighted by Gasteiger charge is 2.16. The van der Waals surface area contributed by atoms with Crippen molar-refractivity contribution in [1.29, 1.82) is 0 Å². The normalized spacial score (nSPS) is 11.6. The first-order valence-corrected chi connectivity index (χ1v) is 12.7. The van der Waals surface area contributed by atoms with Crippen LogP contribution >= 0.6 is 0 Å². The number of aromatic hydroxyl groups is 1. The number of anilines is 1. The van der Waals surface area contributed by atoms with E-state index >= 15 is 0 Å². The third-order valence-electron chi connectivity index (χ3n) is 5.29. The smallest absolute Gasteiger partial charge is 0.223 e. The number of nitrogens with two attached hydrogens (primary N) is 1. The molecule has 0 radical (unpaired) electrons. The molecule has 3 aromatic rings. The fourth-order valence-electron chi connectivity index (χ4n) is 3.40. The lowest BCUT2D eigenvalue weighted by Gasteiger charge is -2.20. The largest absolute Gasteiger partial charge is 0.508 e. The summed E-state index contributed by atoms with van der Waals surface area (Å²) in [6.45, 7) is 3.60. The van der Waals surface area contributed by atoms with Gasteiger partial charge in [0.25, 0.3) is 0 Å². The first-order chi connectivity index (χ1) is 15.8. The molecular weight excluding hydrogens is 438 g/mol. The zero-order valence-electron chi connectivity index (χ0n) is 19.0. The Morgan fingerprint density at radius 3 is 2.67 bits per heavy atom. The van der Waals surface area contributed by atoms with Gasteiger partial charge in [-0.15, -0.1) is 0 Å². The van der Waals surface area contributed by atoms with Crippen molar-refractivity contribution in [2.24, 2.45) is 5.73 Å². The fraction of sp³-hybridized carbons (Fsp3) is 0.333. The summed E-state index contributed by atoms with van der Waals surface area (Å²) >= 11 is 0. The summed E-state index contributed by atoms with van der Waals surface area (Å²) in [7, 11) is -3.33. The van der Waals surface area contributed by atoms with Crippen molar-refractivity contribution in [3.05, 3.63) is 71.4 Å². The summed E-state index contributed by atoms with van der Waals surface area (Å²) in [5, 5.41) is 13.1. The third-order valence-corrected chi connectivity index (χ3v) is 6.54. The van der Waals surface area contributed by atoms with E-state index in [-0.39, 0.29) is 6.54 Å². The molecule has 33 heavy (non-hydrogen) atoms. The lowest BCUT2D eigenvalue weighted by atomic mass is 10.1. The highest BCUT2D eigenvalue weighted by molar-refractivity contribution is 7.88. The summed E-state index contributed by atoms with van der Waals surface area (Å²) < 4.78 is 25.7. The van der Waals surface area contributed by atoms with Gasteiger partial charge in [-0.3, -0.25) is 0 Å². The Bertz CT molecular complexity index is 1180. The molecule has 1 aromatic heterocycles. The number of hydrogen-bond donors (Lipinski definition) is 3. The van der Waals surface area contributed by atoms with Crippen molar-refractivity contribution in [2.45, 2.75) is 26.3 Å². The van der Waals surface area contributed by atoms with E-state index in [9.17, 15) is 13.5 Å². The number of aryl methyl sites for hydroxylation is 1. The molecule has 8 nitrogen and oxygen atoms in total. The molecular formula is C24H31N5O3S. The van der Waals surface area contributed by atoms with Crippen molar-refractivity contribution in [2.75, 3.05) is 31.2 Å². The maximum atomic E-state index is 12.1. The van der Waals surface area contributed by atoms with Crippen LogP contribution in [-0.4, -0.2) is 53.7 Å². The molecule has 0 aliphatic carbocycles. The Kier molecular flexibility index (Phi) is 8.37. The fourth-order valence-corrected chi connectivity index (χ4v) is 4.24. The summed E-state index contributed by atoms with van der Waals surface area (Å²) in [4.78, 5) is 8.90. The molecule has 0 aliphatic rings. The number of nitrogens with zero attached hydrogens (tertiary/aromatic N) is 3. The van der Waals surface area contributed by atoms with Crippen molar-refractivity contribution in [1.82, 2.24) is 14.3 Å². The van der Waals surface area contributed by atoms with Gasteiger partial charge in [0.15, 0.2) is 0 Å². The van der Waals surface area contributed by atoms with E-state index < -0.39 is 10.0 Å². The van der Waals surface area contributed by atoms with Gasteiger partial charge < -0.3 is 16.2 Å². The van der Waals surface area contributed by atoms with Crippen molar-refractivity contribution in [3.63, 3.8) is 0 Å². The maximum absolute atomic E-state index is 12.1. The Labute approximate surface area is 195 Å². The van der Waals surface area contributed by atoms with Crippen LogP contribution in [0.2, 0.25) is 0 Å². The Hall–Kier alpha value is -3.01. The van der Waals surface area contributed by atoms with Gasteiger partial charge in [0.2, 0.25) is 16.0 Å². The summed E-state index contributed by atoms with van der Waals surface area (Å²) in [5.41, 5.74) is 9.94. The van der Waals surface area contributed by atoms with Gasteiger partial charge in [0.05, 0.1) is 11.9 Å². The molecule has 2 aromatic carbocycles. The number of rotatable bonds is 11. The van der Waals surface area contributed by atoms with Crippen molar-refractivity contribution >= 4 is 16.0 Å². The second-order valence-electron chi connectivity index (χ2n) is 8.00. The molecule has 4 N–H and O–H groups in total. The zero-order chi connectivity index (χ0) is 23.8. The molecule has 9 heteroatoms. The molecule has 0 unspecified atom stereocenters. The highest BCUT2D eigenvalue weighted by Crippen LogP contribution is 2.21. The van der Waals surface area contributed by atoms with Crippen molar-refractivity contribution < 1.29 is 13.5 Å². The predicted molar refractivity (Wildman–Crippen MR) is 131 cm³/mol. The van der Waals surface area contributed by atoms with E-state index in [4.69, 9.17) is 5.73 Å². The SMILES string of the molecule is Cc1ccc(CCNc2nccc(-c3cccc(CN(CCCN)S(C)(=O)=O)c3)n2)cc1O. The van der Waals surface area contributed by atoms with Crippen LogP contribution < -0.4 is 11.1 Å². The molecule has 0 atom stereocenters. The number of phenols is 1. The van der Waals surface area contributed by atoms with E-state index in [1.165, 1.54) is 10.6 Å². The van der Waals surface area contributed by atoms with Crippen LogP contribution in [-0.2, 0) is 23.0 Å². The van der Waals surface area contributed by atoms with Gasteiger partial charge in [-0.05, 0) is 61.2 Å². The molecule has 0 fully saturated rings. The van der Waals surface area contributed by atoms with Gasteiger partial charge in [-0.25, -0.2) is 18.4 Å². The monoisotopic (exact) mass is 469 g/mol. The molecule has 0 aliphatic heterocycles. The van der Waals surface area contributed by atoms with Crippen LogP contribution in [0, 0.1) is 6.92 Å². The van der Waals surface area contributed by atoms with Crippen LogP contribution in [0.5, 0.6) is 5.75 Å². The van der Waals surface area contributed by atoms with Gasteiger partial charge in [0, 0.05) is 31.4 Å². The van der Waals surface area contributed by atoms with E-state index in [1.807, 2.05) is 49.4 Å². The van der Waals surface area contributed by atoms with Gasteiger partial charge in [-0.2, -0.15) is 4.31 Å². The Morgan fingerprint density at radius 1 is 1.12 bits per heavy atom. The van der Waals surface area contributed by atoms with Gasteiger partial charge >= 0.3 is 0 Å². The molecule has 0 bridgehead atoms. The second kappa shape index (κ2) is 11.2. The number of hydrogen-bond acceptors (Lipinski definition) is 7. The summed E-state index contributed by atoms with van der Waals surface area (Å²) in [5.74, 6) is 0.804. The van der Waals surface area contributed by atoms with Crippen LogP contribution in [0.3, 0.4) is 0 Å². The first kappa shape index (κ1) is 24.6. The lowest BCUT2D eigenvalue weighted by molar-refractivity contribution is 0.405. The second-order valence-corrected chi connectivity index (χ2v) is 9.98. The molecule has 0 saturated carbocycles. The third kappa shape index (κ3) is 7.24. The van der Waals surface area contributed by atoms with Crippen LogP contribution in [0.15, 0.2) is 54.7 Å². The van der Waals surface area contributed by atoms with E-state index in [2.05, 4.69) is 15.3 Å². The van der Waals surface area contributed by atoms with E-state index in [0.717, 1.165) is 34.4 Å². The minimum Gasteiger partial charge on any atom is -0.508 e. The lowest BCUT2D eigenvalue weighted by Crippen LogP contribution is -2.31. The number of aromatic nitrogens is 2. The minimum atomic E-state index is -3.33. The highest BCUT2D eigenvalue weighted by atomic mass is 32.2. The summed E-state index contributed by atoms with van der Waals surface area (Å²) in [6.07, 6.45) is 4.24. The Morgan fingerprint density at radius 2 is 1.94 bits per heavy atom. The van der Waals surface area contributed by atoms with E-state index in [0.29, 0.717) is 37.8 Å². The quantitative estimate of drug-likeness (QED) is 0.395. The predicted octanol–water partition coefficient (Wildman–Crippen LogP) is 2.92. The number of sulfonamides is 1. The first-order valence-electron chi connectivity index (χ1n) is 10.9. The average molecular weight is 470 g/mol. The van der Waals surface area contributed by atoms with Crippen molar-refractivity contribution in [3.8, 4) is 17.0 Å². The van der Waals surface area contributed by atoms with Crippen LogP contribution in [0.1, 0.15) is 23.1 Å². The topological polar surface area (TPSA) is 121 Å². The van der Waals surface area contributed by atoms with Crippen LogP contribution in [0.4, 0.5) is 5.95 Å². The van der Waals surface area contributed by atoms with Crippen LogP contribution in [0.25, 0.3) is 11.3 Å². The number of phenolic OH excluding ortho intramolecular Hbond substituents is 1. The molecule has 3 rings (SSSR count). The maximum Gasteiger partial charge on any atom is 0.223 e. The average Bonchev–Trinajstić information content (AvgIpc) is 2.79. The molecule has 176 valence electrons. The zero-order valence-corrected chi connectivity index (χ0v) is 19.8. The number of benzene rings is 2. The number of nitrogens with one attached hydrogen (secondary N) is 1. The molecule has 1 heterocycles. The molecule has 0 spiro atoms. The van der Waals surface area contributed by atoms with E-state index in [1.54, 1.807) is 12.3 Å². The van der Waals surface area contributed by atoms with Gasteiger partial charge in [0.1, 0.15) is 5.75 Å². The minimum absolute atomic E-state index is 0.284.